The van der Waals surface area contributed by atoms with E-state index < -0.39 is 0 Å². The number of hydrogen-bond acceptors (Lipinski definition) is 3. The van der Waals surface area contributed by atoms with Crippen LogP contribution in [0.25, 0.3) is 0 Å². The smallest absolute Gasteiger partial charge is 0.157 e. The highest BCUT2D eigenvalue weighted by Gasteiger charge is 2.23. The highest BCUT2D eigenvalue weighted by atomic mass is 32.2. The van der Waals surface area contributed by atoms with Gasteiger partial charge in [-0.1, -0.05) is 32.5 Å². The van der Waals surface area contributed by atoms with Crippen molar-refractivity contribution in [1.29, 1.82) is 0 Å². The van der Waals surface area contributed by atoms with Gasteiger partial charge in [0.2, 0.25) is 0 Å². The maximum Gasteiger partial charge on any atom is 0.157 e. The van der Waals surface area contributed by atoms with Crippen molar-refractivity contribution >= 4 is 16.9 Å². The average Bonchev–Trinajstić information content (AvgIpc) is 2.29. The zero-order chi connectivity index (χ0) is 11.3. The Bertz CT molecular complexity index is 222. The van der Waals surface area contributed by atoms with Crippen molar-refractivity contribution in [3.63, 3.8) is 0 Å². The number of hydrogen-bond donors (Lipinski definition) is 1. The summed E-state index contributed by atoms with van der Waals surface area (Å²) in [5.74, 6) is 1.22. The molecule has 1 atom stereocenters. The molecule has 1 aliphatic heterocycles. The van der Waals surface area contributed by atoms with Gasteiger partial charge in [0.25, 0.3) is 0 Å². The van der Waals surface area contributed by atoms with E-state index in [1.54, 1.807) is 0 Å². The zero-order valence-corrected chi connectivity index (χ0v) is 11.3. The van der Waals surface area contributed by atoms with Crippen LogP contribution in [0.5, 0.6) is 0 Å². The molecule has 2 nitrogen and oxygen atoms in total. The van der Waals surface area contributed by atoms with Gasteiger partial charge in [-0.15, -0.1) is 0 Å². The lowest BCUT2D eigenvalue weighted by Crippen LogP contribution is -2.45. The first kappa shape index (κ1) is 12.9. The molecule has 1 heterocycles. The molecular weight excluding hydrogens is 204 g/mol. The molecule has 0 aromatic carbocycles. The Morgan fingerprint density at radius 1 is 1.40 bits per heavy atom. The second-order valence-corrected chi connectivity index (χ2v) is 5.61. The summed E-state index contributed by atoms with van der Waals surface area (Å²) in [5.41, 5.74) is 0.224. The first-order chi connectivity index (χ1) is 7.13. The highest BCUT2D eigenvalue weighted by molar-refractivity contribution is 8.13. The van der Waals surface area contributed by atoms with Gasteiger partial charge in [0.05, 0.1) is 6.04 Å². The van der Waals surface area contributed by atoms with E-state index in [1.807, 2.05) is 11.8 Å². The van der Waals surface area contributed by atoms with Gasteiger partial charge >= 0.3 is 0 Å². The van der Waals surface area contributed by atoms with Gasteiger partial charge in [-0.3, -0.25) is 4.99 Å². The molecule has 1 rings (SSSR count). The lowest BCUT2D eigenvalue weighted by molar-refractivity contribution is 0.390. The van der Waals surface area contributed by atoms with E-state index in [0.717, 1.165) is 12.8 Å². The van der Waals surface area contributed by atoms with Gasteiger partial charge in [-0.25, -0.2) is 0 Å². The highest BCUT2D eigenvalue weighted by Crippen LogP contribution is 2.22. The molecule has 3 heteroatoms. The Kier molecular flexibility index (Phi) is 4.97. The monoisotopic (exact) mass is 228 g/mol. The summed E-state index contributed by atoms with van der Waals surface area (Å²) >= 11 is 1.88. The topological polar surface area (TPSA) is 24.4 Å². The molecule has 0 saturated heterocycles. The van der Waals surface area contributed by atoms with Crippen molar-refractivity contribution in [2.75, 3.05) is 5.75 Å². The molecule has 0 bridgehead atoms. The summed E-state index contributed by atoms with van der Waals surface area (Å²) in [6.45, 7) is 8.98. The predicted molar refractivity (Wildman–Crippen MR) is 70.7 cm³/mol. The molecule has 88 valence electrons. The average molecular weight is 228 g/mol. The van der Waals surface area contributed by atoms with E-state index in [2.05, 4.69) is 33.0 Å². The summed E-state index contributed by atoms with van der Waals surface area (Å²) in [6.07, 6.45) is 4.71. The van der Waals surface area contributed by atoms with E-state index in [-0.39, 0.29) is 5.54 Å². The van der Waals surface area contributed by atoms with E-state index in [9.17, 15) is 0 Å². The van der Waals surface area contributed by atoms with Crippen LogP contribution >= 0.6 is 11.8 Å². The van der Waals surface area contributed by atoms with Crippen LogP contribution in [0.2, 0.25) is 0 Å². The second kappa shape index (κ2) is 5.78. The van der Waals surface area contributed by atoms with Crippen molar-refractivity contribution in [2.45, 2.75) is 65.0 Å². The SMILES string of the molecule is CCC1CCSC(NC(C)(CC)CC)=N1. The van der Waals surface area contributed by atoms with Gasteiger partial charge < -0.3 is 5.32 Å². The van der Waals surface area contributed by atoms with Crippen LogP contribution in [0.1, 0.15) is 53.4 Å². The van der Waals surface area contributed by atoms with Gasteiger partial charge in [0, 0.05) is 11.3 Å². The number of amidine groups is 1. The summed E-state index contributed by atoms with van der Waals surface area (Å²) < 4.78 is 0. The van der Waals surface area contributed by atoms with Crippen molar-refractivity contribution in [2.24, 2.45) is 4.99 Å². The van der Waals surface area contributed by atoms with E-state index in [1.165, 1.54) is 23.8 Å². The van der Waals surface area contributed by atoms with Crippen LogP contribution in [-0.4, -0.2) is 22.5 Å². The van der Waals surface area contributed by atoms with Crippen LogP contribution < -0.4 is 5.32 Å². The second-order valence-electron chi connectivity index (χ2n) is 4.53. The molecular formula is C12H24N2S. The molecule has 15 heavy (non-hydrogen) atoms. The molecule has 0 fully saturated rings. The molecule has 0 aromatic rings. The lowest BCUT2D eigenvalue weighted by atomic mass is 9.96. The molecule has 0 amide bonds. The van der Waals surface area contributed by atoms with Crippen LogP contribution in [-0.2, 0) is 0 Å². The van der Waals surface area contributed by atoms with Gasteiger partial charge in [-0.05, 0) is 32.6 Å². The fourth-order valence-electron chi connectivity index (χ4n) is 1.61. The molecule has 1 unspecified atom stereocenters. The Labute approximate surface area is 98.3 Å². The molecule has 0 saturated carbocycles. The molecule has 0 spiro atoms. The summed E-state index contributed by atoms with van der Waals surface area (Å²) in [5, 5.41) is 4.77. The van der Waals surface area contributed by atoms with Crippen molar-refractivity contribution < 1.29 is 0 Å². The predicted octanol–water partition coefficient (Wildman–Crippen LogP) is 3.43. The van der Waals surface area contributed by atoms with Crippen LogP contribution in [0, 0.1) is 0 Å². The molecule has 1 aliphatic rings. The summed E-state index contributed by atoms with van der Waals surface area (Å²) in [4.78, 5) is 4.75. The first-order valence-corrected chi connectivity index (χ1v) is 7.11. The number of nitrogens with one attached hydrogen (secondary N) is 1. The zero-order valence-electron chi connectivity index (χ0n) is 10.5. The lowest BCUT2D eigenvalue weighted by Gasteiger charge is -2.31. The van der Waals surface area contributed by atoms with Gasteiger partial charge in [0.1, 0.15) is 0 Å². The number of thioether (sulfide) groups is 1. The Balaban J connectivity index is 2.60. The maximum atomic E-state index is 4.75. The maximum absolute atomic E-state index is 4.75. The first-order valence-electron chi connectivity index (χ1n) is 6.12. The van der Waals surface area contributed by atoms with Gasteiger partial charge in [0.15, 0.2) is 5.17 Å². The third-order valence-corrected chi connectivity index (χ3v) is 4.35. The Hall–Kier alpha value is -0.180. The third kappa shape index (κ3) is 3.71. The van der Waals surface area contributed by atoms with Crippen molar-refractivity contribution in [3.8, 4) is 0 Å². The quantitative estimate of drug-likeness (QED) is 0.797. The standard InChI is InChI=1S/C12H24N2S/c1-5-10-8-9-15-11(13-10)14-12(4,6-2)7-3/h10H,5-9H2,1-4H3,(H,13,14). The van der Waals surface area contributed by atoms with Crippen molar-refractivity contribution in [3.05, 3.63) is 0 Å². The fraction of sp³-hybridized carbons (Fsp3) is 0.917. The van der Waals surface area contributed by atoms with Crippen LogP contribution in [0.4, 0.5) is 0 Å². The number of rotatable bonds is 4. The Morgan fingerprint density at radius 3 is 2.60 bits per heavy atom. The van der Waals surface area contributed by atoms with Crippen molar-refractivity contribution in [1.82, 2.24) is 5.32 Å². The summed E-state index contributed by atoms with van der Waals surface area (Å²) in [7, 11) is 0. The molecule has 0 aromatic heterocycles. The van der Waals surface area contributed by atoms with E-state index in [0.29, 0.717) is 6.04 Å². The molecule has 0 aliphatic carbocycles. The Morgan fingerprint density at radius 2 is 2.07 bits per heavy atom. The molecule has 0 radical (unpaired) electrons. The minimum atomic E-state index is 0.224. The fourth-order valence-corrected chi connectivity index (χ4v) is 2.73. The third-order valence-electron chi connectivity index (χ3n) is 3.43. The minimum Gasteiger partial charge on any atom is -0.360 e. The van der Waals surface area contributed by atoms with Crippen LogP contribution in [0.15, 0.2) is 4.99 Å². The largest absolute Gasteiger partial charge is 0.360 e. The minimum absolute atomic E-state index is 0.224. The van der Waals surface area contributed by atoms with Crippen LogP contribution in [0.3, 0.4) is 0 Å². The van der Waals surface area contributed by atoms with E-state index in [4.69, 9.17) is 4.99 Å². The summed E-state index contributed by atoms with van der Waals surface area (Å²) in [6, 6.07) is 0.548. The van der Waals surface area contributed by atoms with E-state index >= 15 is 0 Å². The number of nitrogens with zero attached hydrogens (tertiary/aromatic N) is 1. The molecule has 1 N–H and O–H groups in total. The van der Waals surface area contributed by atoms with Gasteiger partial charge in [-0.2, -0.15) is 0 Å². The number of aliphatic imine (C=N–C) groups is 1. The normalized spacial score (nSPS) is 22.4.